The molecular weight excluding hydrogens is 280 g/mol. The fourth-order valence-electron chi connectivity index (χ4n) is 1.55. The molecule has 0 heterocycles. The van der Waals surface area contributed by atoms with Crippen LogP contribution < -0.4 is 9.47 Å². The van der Waals surface area contributed by atoms with Gasteiger partial charge in [-0.2, -0.15) is 0 Å². The van der Waals surface area contributed by atoms with E-state index in [0.29, 0.717) is 11.6 Å². The second kappa shape index (κ2) is 7.31. The van der Waals surface area contributed by atoms with E-state index in [1.54, 1.807) is 18.9 Å². The largest absolute Gasteiger partial charge is 0.497 e. The minimum Gasteiger partial charge on any atom is -0.497 e. The van der Waals surface area contributed by atoms with Crippen molar-refractivity contribution in [2.24, 2.45) is 0 Å². The van der Waals surface area contributed by atoms with Gasteiger partial charge < -0.3 is 9.47 Å². The third-order valence-corrected chi connectivity index (χ3v) is 3.69. The summed E-state index contributed by atoms with van der Waals surface area (Å²) in [6.45, 7) is 0.650. The van der Waals surface area contributed by atoms with Gasteiger partial charge in [-0.3, -0.25) is 0 Å². The first-order valence-electron chi connectivity index (χ1n) is 5.93. The van der Waals surface area contributed by atoms with Crippen LogP contribution in [0.5, 0.6) is 11.5 Å². The van der Waals surface area contributed by atoms with Crippen molar-refractivity contribution in [3.8, 4) is 11.5 Å². The van der Waals surface area contributed by atoms with Crippen molar-refractivity contribution in [1.29, 1.82) is 0 Å². The number of hydrogen-bond acceptors (Lipinski definition) is 3. The van der Waals surface area contributed by atoms with E-state index in [2.05, 4.69) is 0 Å². The number of ether oxygens (including phenoxy) is 2. The Kier molecular flexibility index (Phi) is 5.43. The Labute approximate surface area is 122 Å². The minimum atomic E-state index is 0.650. The Hall–Kier alpha value is -1.32. The van der Waals surface area contributed by atoms with Gasteiger partial charge in [0, 0.05) is 15.7 Å². The summed E-state index contributed by atoms with van der Waals surface area (Å²) < 4.78 is 10.7. The monoisotopic (exact) mass is 294 g/mol. The zero-order chi connectivity index (χ0) is 13.5. The summed E-state index contributed by atoms with van der Waals surface area (Å²) >= 11 is 7.63. The summed E-state index contributed by atoms with van der Waals surface area (Å²) in [5, 5.41) is 0.695. The Morgan fingerprint density at radius 3 is 2.53 bits per heavy atom. The van der Waals surface area contributed by atoms with Gasteiger partial charge in [0.1, 0.15) is 11.5 Å². The molecule has 0 saturated heterocycles. The van der Waals surface area contributed by atoms with Gasteiger partial charge in [0.25, 0.3) is 0 Å². The number of hydrogen-bond donors (Lipinski definition) is 0. The molecular formula is C15H15ClO2S. The molecule has 4 heteroatoms. The lowest BCUT2D eigenvalue weighted by Crippen LogP contribution is -1.99. The van der Waals surface area contributed by atoms with Gasteiger partial charge in [-0.1, -0.05) is 17.7 Å². The fraction of sp³-hybridized carbons (Fsp3) is 0.200. The molecule has 2 rings (SSSR count). The van der Waals surface area contributed by atoms with E-state index in [1.165, 1.54) is 4.90 Å². The van der Waals surface area contributed by atoms with Crippen molar-refractivity contribution >= 4 is 23.4 Å². The van der Waals surface area contributed by atoms with Crippen LogP contribution in [0.4, 0.5) is 0 Å². The molecule has 2 nitrogen and oxygen atoms in total. The summed E-state index contributed by atoms with van der Waals surface area (Å²) in [5.74, 6) is 2.57. The molecule has 0 amide bonds. The molecule has 0 atom stereocenters. The second-order valence-electron chi connectivity index (χ2n) is 3.83. The van der Waals surface area contributed by atoms with Crippen LogP contribution in [0.3, 0.4) is 0 Å². The van der Waals surface area contributed by atoms with Crippen molar-refractivity contribution in [2.75, 3.05) is 19.5 Å². The van der Waals surface area contributed by atoms with Crippen LogP contribution in [-0.2, 0) is 0 Å². The first-order valence-corrected chi connectivity index (χ1v) is 7.29. The molecule has 2 aromatic rings. The van der Waals surface area contributed by atoms with Gasteiger partial charge >= 0.3 is 0 Å². The summed E-state index contributed by atoms with van der Waals surface area (Å²) in [6.07, 6.45) is 0. The quantitative estimate of drug-likeness (QED) is 0.576. The molecule has 0 aliphatic heterocycles. The van der Waals surface area contributed by atoms with Gasteiger partial charge in [0.2, 0.25) is 0 Å². The fourth-order valence-corrected chi connectivity index (χ4v) is 2.46. The standard InChI is InChI=1S/C15H15ClO2S/c1-17-13-5-7-15(8-6-13)19-10-9-18-14-4-2-3-12(16)11-14/h2-8,11H,9-10H2,1H3. The summed E-state index contributed by atoms with van der Waals surface area (Å²) in [7, 11) is 1.67. The smallest absolute Gasteiger partial charge is 0.120 e. The van der Waals surface area contributed by atoms with Crippen molar-refractivity contribution in [3.05, 3.63) is 53.6 Å². The average Bonchev–Trinajstić information content (AvgIpc) is 2.44. The molecule has 0 radical (unpaired) electrons. The van der Waals surface area contributed by atoms with Crippen molar-refractivity contribution < 1.29 is 9.47 Å². The SMILES string of the molecule is COc1ccc(SCCOc2cccc(Cl)c2)cc1. The summed E-state index contributed by atoms with van der Waals surface area (Å²) in [4.78, 5) is 1.20. The van der Waals surface area contributed by atoms with Gasteiger partial charge in [0.15, 0.2) is 0 Å². The van der Waals surface area contributed by atoms with E-state index in [1.807, 2.05) is 48.5 Å². The molecule has 0 spiro atoms. The van der Waals surface area contributed by atoms with Crippen molar-refractivity contribution in [1.82, 2.24) is 0 Å². The molecule has 0 saturated carbocycles. The lowest BCUT2D eigenvalue weighted by molar-refractivity contribution is 0.344. The van der Waals surface area contributed by atoms with Crippen molar-refractivity contribution in [2.45, 2.75) is 4.90 Å². The van der Waals surface area contributed by atoms with Crippen LogP contribution in [0.25, 0.3) is 0 Å². The Bertz CT molecular complexity index is 514. The van der Waals surface area contributed by atoms with Gasteiger partial charge in [0.05, 0.1) is 13.7 Å². The first kappa shape index (κ1) is 14.1. The highest BCUT2D eigenvalue weighted by molar-refractivity contribution is 7.99. The van der Waals surface area contributed by atoms with E-state index < -0.39 is 0 Å². The van der Waals surface area contributed by atoms with Crippen LogP contribution in [0.2, 0.25) is 5.02 Å². The number of rotatable bonds is 6. The highest BCUT2D eigenvalue weighted by Crippen LogP contribution is 2.22. The summed E-state index contributed by atoms with van der Waals surface area (Å²) in [6, 6.07) is 15.4. The molecule has 0 aliphatic carbocycles. The number of methoxy groups -OCH3 is 1. The highest BCUT2D eigenvalue weighted by atomic mass is 35.5. The van der Waals surface area contributed by atoms with Crippen LogP contribution in [0.1, 0.15) is 0 Å². The third-order valence-electron chi connectivity index (χ3n) is 2.48. The Morgan fingerprint density at radius 2 is 1.84 bits per heavy atom. The second-order valence-corrected chi connectivity index (χ2v) is 5.43. The van der Waals surface area contributed by atoms with Crippen LogP contribution >= 0.6 is 23.4 Å². The predicted molar refractivity (Wildman–Crippen MR) is 80.7 cm³/mol. The Morgan fingerprint density at radius 1 is 1.05 bits per heavy atom. The topological polar surface area (TPSA) is 18.5 Å². The molecule has 0 aromatic heterocycles. The normalized spacial score (nSPS) is 10.2. The maximum absolute atomic E-state index is 5.89. The van der Waals surface area contributed by atoms with Crippen LogP contribution in [0.15, 0.2) is 53.4 Å². The summed E-state index contributed by atoms with van der Waals surface area (Å²) in [5.41, 5.74) is 0. The number of benzene rings is 2. The van der Waals surface area contributed by atoms with E-state index in [4.69, 9.17) is 21.1 Å². The van der Waals surface area contributed by atoms with Crippen molar-refractivity contribution in [3.63, 3.8) is 0 Å². The highest BCUT2D eigenvalue weighted by Gasteiger charge is 1.97. The van der Waals surface area contributed by atoms with E-state index in [0.717, 1.165) is 17.3 Å². The lowest BCUT2D eigenvalue weighted by Gasteiger charge is -2.06. The van der Waals surface area contributed by atoms with Gasteiger partial charge in [-0.25, -0.2) is 0 Å². The van der Waals surface area contributed by atoms with E-state index in [-0.39, 0.29) is 0 Å². The average molecular weight is 295 g/mol. The first-order chi connectivity index (χ1) is 9.28. The maximum atomic E-state index is 5.89. The minimum absolute atomic E-state index is 0.650. The lowest BCUT2D eigenvalue weighted by atomic mass is 10.3. The Balaban J connectivity index is 1.74. The van der Waals surface area contributed by atoms with E-state index >= 15 is 0 Å². The molecule has 0 fully saturated rings. The van der Waals surface area contributed by atoms with Crippen LogP contribution in [-0.4, -0.2) is 19.5 Å². The third kappa shape index (κ3) is 4.69. The molecule has 19 heavy (non-hydrogen) atoms. The molecule has 2 aromatic carbocycles. The van der Waals surface area contributed by atoms with Gasteiger partial charge in [-0.05, 0) is 42.5 Å². The number of thioether (sulfide) groups is 1. The van der Waals surface area contributed by atoms with Gasteiger partial charge in [-0.15, -0.1) is 11.8 Å². The molecule has 0 N–H and O–H groups in total. The predicted octanol–water partition coefficient (Wildman–Crippen LogP) is 4.52. The maximum Gasteiger partial charge on any atom is 0.120 e. The zero-order valence-corrected chi connectivity index (χ0v) is 12.2. The molecule has 100 valence electrons. The number of halogens is 1. The van der Waals surface area contributed by atoms with Crippen LogP contribution in [0, 0.1) is 0 Å². The van der Waals surface area contributed by atoms with E-state index in [9.17, 15) is 0 Å². The molecule has 0 aliphatic rings. The molecule has 0 bridgehead atoms. The zero-order valence-electron chi connectivity index (χ0n) is 10.6. The molecule has 0 unspecified atom stereocenters.